The highest BCUT2D eigenvalue weighted by Crippen LogP contribution is 2.27. The van der Waals surface area contributed by atoms with Crippen LogP contribution in [-0.2, 0) is 10.0 Å². The standard InChI is InChI=1S/C21H30N4O4S/c1-15(2)30(26,27)22-14-16-4-6-17(7-5-16)23-20-12-13-21(25-24-20)29-19-10-8-18(28-3)9-11-19/h8-13,15-17,22H,4-7,14H2,1-3H3,(H,23,24)/t16-,17-. The molecule has 1 aliphatic rings. The maximum atomic E-state index is 11.9. The zero-order valence-electron chi connectivity index (χ0n) is 17.7. The summed E-state index contributed by atoms with van der Waals surface area (Å²) in [5, 5.41) is 11.4. The first-order valence-corrected chi connectivity index (χ1v) is 11.8. The molecule has 1 heterocycles. The molecule has 30 heavy (non-hydrogen) atoms. The van der Waals surface area contributed by atoms with Gasteiger partial charge in [0.2, 0.25) is 15.9 Å². The van der Waals surface area contributed by atoms with Crippen molar-refractivity contribution in [3.63, 3.8) is 0 Å². The van der Waals surface area contributed by atoms with Crippen LogP contribution in [-0.4, -0.2) is 43.6 Å². The maximum absolute atomic E-state index is 11.9. The SMILES string of the molecule is COc1ccc(Oc2ccc(N[C@H]3CC[C@H](CNS(=O)(=O)C(C)C)CC3)nn2)cc1. The number of nitrogens with zero attached hydrogens (tertiary/aromatic N) is 2. The van der Waals surface area contributed by atoms with Gasteiger partial charge in [-0.15, -0.1) is 10.2 Å². The molecule has 0 amide bonds. The molecule has 3 rings (SSSR count). The number of ether oxygens (including phenoxy) is 2. The first kappa shape index (κ1) is 22.3. The molecular weight excluding hydrogens is 404 g/mol. The van der Waals surface area contributed by atoms with Crippen LogP contribution in [0.15, 0.2) is 36.4 Å². The number of methoxy groups -OCH3 is 1. The molecule has 0 atom stereocenters. The van der Waals surface area contributed by atoms with E-state index in [1.807, 2.05) is 30.3 Å². The largest absolute Gasteiger partial charge is 0.497 e. The third-order valence-corrected chi connectivity index (χ3v) is 7.12. The van der Waals surface area contributed by atoms with Crippen LogP contribution >= 0.6 is 0 Å². The van der Waals surface area contributed by atoms with Gasteiger partial charge < -0.3 is 14.8 Å². The van der Waals surface area contributed by atoms with Gasteiger partial charge in [-0.25, -0.2) is 13.1 Å². The monoisotopic (exact) mass is 434 g/mol. The minimum atomic E-state index is -3.19. The van der Waals surface area contributed by atoms with Crippen molar-refractivity contribution in [3.05, 3.63) is 36.4 Å². The number of hydrogen-bond donors (Lipinski definition) is 2. The van der Waals surface area contributed by atoms with Crippen molar-refractivity contribution >= 4 is 15.8 Å². The first-order valence-electron chi connectivity index (χ1n) is 10.3. The van der Waals surface area contributed by atoms with E-state index in [2.05, 4.69) is 20.2 Å². The van der Waals surface area contributed by atoms with Gasteiger partial charge in [-0.2, -0.15) is 0 Å². The van der Waals surface area contributed by atoms with Gasteiger partial charge in [0.1, 0.15) is 17.3 Å². The molecule has 2 N–H and O–H groups in total. The predicted octanol–water partition coefficient (Wildman–Crippen LogP) is 3.58. The molecule has 0 saturated heterocycles. The summed E-state index contributed by atoms with van der Waals surface area (Å²) in [6, 6.07) is 11.2. The van der Waals surface area contributed by atoms with E-state index in [1.54, 1.807) is 27.0 Å². The average Bonchev–Trinajstić information content (AvgIpc) is 2.75. The van der Waals surface area contributed by atoms with E-state index < -0.39 is 15.3 Å². The van der Waals surface area contributed by atoms with Gasteiger partial charge in [-0.05, 0) is 75.8 Å². The number of anilines is 1. The molecule has 0 unspecified atom stereocenters. The number of sulfonamides is 1. The lowest BCUT2D eigenvalue weighted by Gasteiger charge is -2.29. The van der Waals surface area contributed by atoms with Crippen molar-refractivity contribution in [3.8, 4) is 17.4 Å². The minimum Gasteiger partial charge on any atom is -0.497 e. The molecule has 8 nitrogen and oxygen atoms in total. The fourth-order valence-corrected chi connectivity index (χ4v) is 4.14. The van der Waals surface area contributed by atoms with Crippen molar-refractivity contribution in [2.75, 3.05) is 19.0 Å². The summed E-state index contributed by atoms with van der Waals surface area (Å²) in [6.07, 6.45) is 3.90. The van der Waals surface area contributed by atoms with E-state index in [0.717, 1.165) is 31.4 Å². The third-order valence-electron chi connectivity index (χ3n) is 5.31. The Labute approximate surface area is 178 Å². The highest BCUT2D eigenvalue weighted by molar-refractivity contribution is 7.90. The molecule has 0 radical (unpaired) electrons. The number of nitrogens with one attached hydrogen (secondary N) is 2. The number of hydrogen-bond acceptors (Lipinski definition) is 7. The van der Waals surface area contributed by atoms with E-state index in [-0.39, 0.29) is 0 Å². The topological polar surface area (TPSA) is 102 Å². The van der Waals surface area contributed by atoms with Crippen molar-refractivity contribution in [1.29, 1.82) is 0 Å². The minimum absolute atomic E-state index is 0.311. The number of benzene rings is 1. The molecule has 1 fully saturated rings. The molecule has 0 spiro atoms. The zero-order chi connectivity index (χ0) is 21.6. The summed E-state index contributed by atoms with van der Waals surface area (Å²) in [7, 11) is -1.57. The fraction of sp³-hybridized carbons (Fsp3) is 0.524. The molecule has 1 saturated carbocycles. The lowest BCUT2D eigenvalue weighted by atomic mass is 9.86. The summed E-state index contributed by atoms with van der Waals surface area (Å²) in [5.74, 6) is 2.94. The highest BCUT2D eigenvalue weighted by Gasteiger charge is 2.24. The van der Waals surface area contributed by atoms with Gasteiger partial charge >= 0.3 is 0 Å². The Morgan fingerprint density at radius 3 is 2.23 bits per heavy atom. The average molecular weight is 435 g/mol. The molecule has 9 heteroatoms. The summed E-state index contributed by atoms with van der Waals surface area (Å²) in [5.41, 5.74) is 0. The summed E-state index contributed by atoms with van der Waals surface area (Å²) >= 11 is 0. The smallest absolute Gasteiger partial charge is 0.238 e. The molecular formula is C21H30N4O4S. The van der Waals surface area contributed by atoms with Gasteiger partial charge in [-0.1, -0.05) is 0 Å². The van der Waals surface area contributed by atoms with Crippen LogP contribution < -0.4 is 19.5 Å². The lowest BCUT2D eigenvalue weighted by Crippen LogP contribution is -2.37. The second-order valence-electron chi connectivity index (χ2n) is 7.84. The van der Waals surface area contributed by atoms with Gasteiger partial charge in [0.15, 0.2) is 0 Å². The van der Waals surface area contributed by atoms with E-state index in [4.69, 9.17) is 9.47 Å². The quantitative estimate of drug-likeness (QED) is 0.622. The number of aromatic nitrogens is 2. The van der Waals surface area contributed by atoms with Crippen molar-refractivity contribution in [1.82, 2.24) is 14.9 Å². The molecule has 1 aromatic carbocycles. The summed E-state index contributed by atoms with van der Waals surface area (Å²) in [6.45, 7) is 3.90. The van der Waals surface area contributed by atoms with Crippen molar-refractivity contribution in [2.24, 2.45) is 5.92 Å². The Morgan fingerprint density at radius 1 is 1.00 bits per heavy atom. The Morgan fingerprint density at radius 2 is 1.67 bits per heavy atom. The van der Waals surface area contributed by atoms with Crippen LogP contribution in [0.25, 0.3) is 0 Å². The molecule has 2 aromatic rings. The fourth-order valence-electron chi connectivity index (χ4n) is 3.34. The Balaban J connectivity index is 1.44. The third kappa shape index (κ3) is 6.30. The van der Waals surface area contributed by atoms with E-state index in [9.17, 15) is 8.42 Å². The molecule has 1 aliphatic carbocycles. The van der Waals surface area contributed by atoms with Crippen LogP contribution in [0.1, 0.15) is 39.5 Å². The van der Waals surface area contributed by atoms with Gasteiger partial charge in [0, 0.05) is 18.7 Å². The molecule has 0 aliphatic heterocycles. The molecule has 1 aromatic heterocycles. The van der Waals surface area contributed by atoms with Crippen LogP contribution in [0.5, 0.6) is 17.4 Å². The van der Waals surface area contributed by atoms with Crippen LogP contribution in [0.3, 0.4) is 0 Å². The highest BCUT2D eigenvalue weighted by atomic mass is 32.2. The molecule has 0 bridgehead atoms. The number of rotatable bonds is 9. The second-order valence-corrected chi connectivity index (χ2v) is 10.2. The first-order chi connectivity index (χ1) is 14.4. The van der Waals surface area contributed by atoms with E-state index in [0.29, 0.717) is 36.0 Å². The second kappa shape index (κ2) is 10.1. The van der Waals surface area contributed by atoms with Crippen molar-refractivity contribution < 1.29 is 17.9 Å². The van der Waals surface area contributed by atoms with Crippen LogP contribution in [0.4, 0.5) is 5.82 Å². The van der Waals surface area contributed by atoms with Gasteiger partial charge in [-0.3, -0.25) is 0 Å². The zero-order valence-corrected chi connectivity index (χ0v) is 18.5. The lowest BCUT2D eigenvalue weighted by molar-refractivity contribution is 0.336. The predicted molar refractivity (Wildman–Crippen MR) is 117 cm³/mol. The summed E-state index contributed by atoms with van der Waals surface area (Å²) in [4.78, 5) is 0. The Hall–Kier alpha value is -2.39. The van der Waals surface area contributed by atoms with Crippen LogP contribution in [0, 0.1) is 5.92 Å². The van der Waals surface area contributed by atoms with Crippen molar-refractivity contribution in [2.45, 2.75) is 50.8 Å². The normalized spacial score (nSPS) is 19.5. The molecule has 164 valence electrons. The van der Waals surface area contributed by atoms with Gasteiger partial charge in [0.05, 0.1) is 12.4 Å². The summed E-state index contributed by atoms with van der Waals surface area (Å²) < 4.78 is 37.3. The van der Waals surface area contributed by atoms with E-state index >= 15 is 0 Å². The van der Waals surface area contributed by atoms with E-state index in [1.165, 1.54) is 0 Å². The maximum Gasteiger partial charge on any atom is 0.238 e. The Kier molecular flexibility index (Phi) is 7.49. The van der Waals surface area contributed by atoms with Crippen LogP contribution in [0.2, 0.25) is 0 Å². The Bertz CT molecular complexity index is 894. The van der Waals surface area contributed by atoms with Gasteiger partial charge in [0.25, 0.3) is 0 Å².